The van der Waals surface area contributed by atoms with E-state index in [4.69, 9.17) is 5.14 Å². The van der Waals surface area contributed by atoms with Crippen molar-refractivity contribution < 1.29 is 13.2 Å². The third-order valence-electron chi connectivity index (χ3n) is 2.91. The summed E-state index contributed by atoms with van der Waals surface area (Å²) in [5.74, 6) is -0.214. The molecule has 8 heteroatoms. The van der Waals surface area contributed by atoms with Crippen molar-refractivity contribution in [2.24, 2.45) is 5.14 Å². The minimum absolute atomic E-state index is 0.0165. The fraction of sp³-hybridized carbons (Fsp3) is 0.364. The van der Waals surface area contributed by atoms with E-state index in [2.05, 4.69) is 16.2 Å². The Hall–Kier alpha value is -1.48. The number of benzene rings is 1. The third kappa shape index (κ3) is 3.29. The Kier molecular flexibility index (Phi) is 3.85. The van der Waals surface area contributed by atoms with Crippen LogP contribution in [-0.4, -0.2) is 26.9 Å². The SMILES string of the molecule is Cc1ccc(NC(=O)C2CCNN2)cc1S(N)(=O)=O. The van der Waals surface area contributed by atoms with Gasteiger partial charge < -0.3 is 5.32 Å². The fourth-order valence-electron chi connectivity index (χ4n) is 1.89. The first-order valence-electron chi connectivity index (χ1n) is 5.80. The van der Waals surface area contributed by atoms with Gasteiger partial charge in [-0.1, -0.05) is 6.07 Å². The number of hydrogen-bond donors (Lipinski definition) is 4. The second kappa shape index (κ2) is 5.25. The molecule has 0 aromatic heterocycles. The highest BCUT2D eigenvalue weighted by atomic mass is 32.2. The number of carbonyl (C=O) groups excluding carboxylic acids is 1. The minimum atomic E-state index is -3.79. The second-order valence-electron chi connectivity index (χ2n) is 4.43. The number of nitrogens with two attached hydrogens (primary N) is 1. The van der Waals surface area contributed by atoms with E-state index in [-0.39, 0.29) is 16.8 Å². The van der Waals surface area contributed by atoms with Crippen molar-refractivity contribution >= 4 is 21.6 Å². The van der Waals surface area contributed by atoms with E-state index < -0.39 is 10.0 Å². The largest absolute Gasteiger partial charge is 0.325 e. The Labute approximate surface area is 111 Å². The second-order valence-corrected chi connectivity index (χ2v) is 5.96. The molecule has 1 heterocycles. The van der Waals surface area contributed by atoms with Gasteiger partial charge in [-0.05, 0) is 31.0 Å². The van der Waals surface area contributed by atoms with Gasteiger partial charge in [0, 0.05) is 12.2 Å². The predicted molar refractivity (Wildman–Crippen MR) is 70.7 cm³/mol. The molecule has 104 valence electrons. The first-order valence-corrected chi connectivity index (χ1v) is 7.35. The molecule has 0 radical (unpaired) electrons. The number of carbonyl (C=O) groups is 1. The van der Waals surface area contributed by atoms with E-state index in [1.165, 1.54) is 6.07 Å². The number of nitrogens with one attached hydrogen (secondary N) is 3. The van der Waals surface area contributed by atoms with Crippen LogP contribution in [0.25, 0.3) is 0 Å². The van der Waals surface area contributed by atoms with Crippen LogP contribution in [0.1, 0.15) is 12.0 Å². The standard InChI is InChI=1S/C11H16N4O3S/c1-7-2-3-8(6-10(7)19(12,17)18)14-11(16)9-4-5-13-15-9/h2-3,6,9,13,15H,4-5H2,1H3,(H,14,16)(H2,12,17,18). The Bertz CT molecular complexity index is 594. The number of rotatable bonds is 3. The molecule has 1 atom stereocenters. The smallest absolute Gasteiger partial charge is 0.242 e. The Morgan fingerprint density at radius 2 is 2.21 bits per heavy atom. The van der Waals surface area contributed by atoms with Crippen molar-refractivity contribution in [3.63, 3.8) is 0 Å². The molecule has 1 amide bonds. The maximum atomic E-state index is 11.9. The number of aryl methyl sites for hydroxylation is 1. The lowest BCUT2D eigenvalue weighted by atomic mass is 10.2. The normalized spacial score (nSPS) is 19.4. The number of primary sulfonamides is 1. The molecule has 1 saturated heterocycles. The van der Waals surface area contributed by atoms with Gasteiger partial charge in [0.2, 0.25) is 15.9 Å². The van der Waals surface area contributed by atoms with Crippen LogP contribution in [0.4, 0.5) is 5.69 Å². The van der Waals surface area contributed by atoms with Crippen LogP contribution < -0.4 is 21.3 Å². The molecule has 5 N–H and O–H groups in total. The van der Waals surface area contributed by atoms with Crippen molar-refractivity contribution in [2.45, 2.75) is 24.3 Å². The van der Waals surface area contributed by atoms with Gasteiger partial charge in [0.05, 0.1) is 4.90 Å². The molecule has 1 unspecified atom stereocenters. The zero-order chi connectivity index (χ0) is 14.0. The average Bonchev–Trinajstić information content (AvgIpc) is 2.83. The molecule has 1 aromatic carbocycles. The molecule has 1 aromatic rings. The molecular weight excluding hydrogens is 268 g/mol. The van der Waals surface area contributed by atoms with Crippen LogP contribution >= 0.6 is 0 Å². The molecule has 1 fully saturated rings. The average molecular weight is 284 g/mol. The molecule has 0 aliphatic carbocycles. The number of sulfonamides is 1. The predicted octanol–water partition coefficient (Wildman–Crippen LogP) is -0.553. The highest BCUT2D eigenvalue weighted by Crippen LogP contribution is 2.19. The van der Waals surface area contributed by atoms with Gasteiger partial charge >= 0.3 is 0 Å². The molecule has 19 heavy (non-hydrogen) atoms. The Morgan fingerprint density at radius 3 is 2.79 bits per heavy atom. The topological polar surface area (TPSA) is 113 Å². The monoisotopic (exact) mass is 284 g/mol. The van der Waals surface area contributed by atoms with Crippen LogP contribution in [0.3, 0.4) is 0 Å². The molecule has 0 bridgehead atoms. The van der Waals surface area contributed by atoms with Crippen molar-refractivity contribution in [3.8, 4) is 0 Å². The number of hydrogen-bond acceptors (Lipinski definition) is 5. The Balaban J connectivity index is 2.19. The maximum Gasteiger partial charge on any atom is 0.242 e. The zero-order valence-corrected chi connectivity index (χ0v) is 11.3. The van der Waals surface area contributed by atoms with Crippen molar-refractivity contribution in [3.05, 3.63) is 23.8 Å². The van der Waals surface area contributed by atoms with E-state index in [1.54, 1.807) is 19.1 Å². The molecule has 0 saturated carbocycles. The quantitative estimate of drug-likeness (QED) is 0.594. The maximum absolute atomic E-state index is 11.9. The summed E-state index contributed by atoms with van der Waals surface area (Å²) >= 11 is 0. The van der Waals surface area contributed by atoms with Crippen molar-refractivity contribution in [1.82, 2.24) is 10.9 Å². The van der Waals surface area contributed by atoms with E-state index in [0.29, 0.717) is 24.2 Å². The lowest BCUT2D eigenvalue weighted by Crippen LogP contribution is -2.39. The molecular formula is C11H16N4O3S. The summed E-state index contributed by atoms with van der Waals surface area (Å²) in [6, 6.07) is 4.30. The van der Waals surface area contributed by atoms with Gasteiger partial charge in [-0.15, -0.1) is 0 Å². The summed E-state index contributed by atoms with van der Waals surface area (Å²) in [5, 5.41) is 7.78. The van der Waals surface area contributed by atoms with E-state index >= 15 is 0 Å². The molecule has 2 rings (SSSR count). The summed E-state index contributed by atoms with van der Waals surface area (Å²) in [7, 11) is -3.79. The fourth-order valence-corrected chi connectivity index (χ4v) is 2.70. The van der Waals surface area contributed by atoms with Gasteiger partial charge in [-0.3, -0.25) is 10.2 Å². The third-order valence-corrected chi connectivity index (χ3v) is 3.97. The molecule has 1 aliphatic heterocycles. The minimum Gasteiger partial charge on any atom is -0.325 e. The summed E-state index contributed by atoms with van der Waals surface area (Å²) in [4.78, 5) is 11.9. The van der Waals surface area contributed by atoms with Crippen molar-refractivity contribution in [1.29, 1.82) is 0 Å². The summed E-state index contributed by atoms with van der Waals surface area (Å²) in [6.45, 7) is 2.36. The van der Waals surface area contributed by atoms with Gasteiger partial charge in [0.1, 0.15) is 6.04 Å². The summed E-state index contributed by atoms with van der Waals surface area (Å²) < 4.78 is 22.8. The molecule has 0 spiro atoms. The van der Waals surface area contributed by atoms with E-state index in [1.807, 2.05) is 0 Å². The highest BCUT2D eigenvalue weighted by Gasteiger charge is 2.22. The van der Waals surface area contributed by atoms with Crippen LogP contribution in [0.5, 0.6) is 0 Å². The van der Waals surface area contributed by atoms with Gasteiger partial charge in [0.15, 0.2) is 0 Å². The van der Waals surface area contributed by atoms with Crippen LogP contribution in [-0.2, 0) is 14.8 Å². The number of anilines is 1. The highest BCUT2D eigenvalue weighted by molar-refractivity contribution is 7.89. The summed E-state index contributed by atoms with van der Waals surface area (Å²) in [5.41, 5.74) is 6.64. The lowest BCUT2D eigenvalue weighted by Gasteiger charge is -2.12. The number of hydrazine groups is 1. The Morgan fingerprint density at radius 1 is 1.47 bits per heavy atom. The van der Waals surface area contributed by atoms with Gasteiger partial charge in [-0.2, -0.15) is 0 Å². The molecule has 1 aliphatic rings. The summed E-state index contributed by atoms with van der Waals surface area (Å²) in [6.07, 6.45) is 0.680. The van der Waals surface area contributed by atoms with Gasteiger partial charge in [0.25, 0.3) is 0 Å². The first-order chi connectivity index (χ1) is 8.88. The number of amides is 1. The van der Waals surface area contributed by atoms with Crippen molar-refractivity contribution in [2.75, 3.05) is 11.9 Å². The molecule has 7 nitrogen and oxygen atoms in total. The zero-order valence-electron chi connectivity index (χ0n) is 10.4. The van der Waals surface area contributed by atoms with Gasteiger partial charge in [-0.25, -0.2) is 19.0 Å². The first kappa shape index (κ1) is 13.9. The lowest BCUT2D eigenvalue weighted by molar-refractivity contribution is -0.117. The van der Waals surface area contributed by atoms with Crippen LogP contribution in [0, 0.1) is 6.92 Å². The van der Waals surface area contributed by atoms with Crippen LogP contribution in [0.2, 0.25) is 0 Å². The van der Waals surface area contributed by atoms with E-state index in [9.17, 15) is 13.2 Å². The van der Waals surface area contributed by atoms with Crippen LogP contribution in [0.15, 0.2) is 23.1 Å². The van der Waals surface area contributed by atoms with E-state index in [0.717, 1.165) is 0 Å².